The van der Waals surface area contributed by atoms with Crippen molar-refractivity contribution in [2.45, 2.75) is 38.3 Å². The minimum atomic E-state index is -0.0521. The number of likely N-dealkylation sites (tertiary alicyclic amines) is 1. The van der Waals surface area contributed by atoms with Crippen LogP contribution in [0.25, 0.3) is 0 Å². The zero-order valence-corrected chi connectivity index (χ0v) is 16.3. The fraction of sp³-hybridized carbons (Fsp3) is 0.455. The molecule has 3 rings (SSSR count). The summed E-state index contributed by atoms with van der Waals surface area (Å²) in [6.45, 7) is 3.60. The maximum Gasteiger partial charge on any atom is 0.253 e. The number of hydrogen-bond acceptors (Lipinski definition) is 5. The van der Waals surface area contributed by atoms with Gasteiger partial charge in [-0.2, -0.15) is 0 Å². The number of benzene rings is 1. The van der Waals surface area contributed by atoms with Gasteiger partial charge in [0, 0.05) is 37.2 Å². The Morgan fingerprint density at radius 3 is 2.93 bits per heavy atom. The van der Waals surface area contributed by atoms with Crippen LogP contribution in [-0.4, -0.2) is 53.2 Å². The molecule has 3 N–H and O–H groups in total. The number of aliphatic hydroxyl groups excluding tert-OH is 1. The molecule has 1 aliphatic rings. The van der Waals surface area contributed by atoms with Gasteiger partial charge >= 0.3 is 0 Å². The third-order valence-corrected chi connectivity index (χ3v) is 5.24. The number of aromatic nitrogens is 1. The van der Waals surface area contributed by atoms with Crippen LogP contribution in [0.1, 0.15) is 41.6 Å². The third kappa shape index (κ3) is 5.78. The van der Waals surface area contributed by atoms with Gasteiger partial charge in [-0.1, -0.05) is 18.2 Å². The van der Waals surface area contributed by atoms with Crippen LogP contribution in [-0.2, 0) is 6.54 Å². The first kappa shape index (κ1) is 20.3. The molecule has 2 aromatic rings. The van der Waals surface area contributed by atoms with Crippen LogP contribution >= 0.6 is 0 Å². The van der Waals surface area contributed by atoms with Gasteiger partial charge in [-0.3, -0.25) is 14.7 Å². The van der Waals surface area contributed by atoms with Gasteiger partial charge in [0.15, 0.2) is 0 Å². The molecule has 1 aliphatic heterocycles. The molecule has 1 saturated heterocycles. The van der Waals surface area contributed by atoms with Gasteiger partial charge in [-0.15, -0.1) is 0 Å². The lowest BCUT2D eigenvalue weighted by molar-refractivity contribution is 0.0953. The molecule has 28 heavy (non-hydrogen) atoms. The molecule has 6 nitrogen and oxygen atoms in total. The molecular weight excluding hydrogens is 352 g/mol. The Morgan fingerprint density at radius 1 is 1.21 bits per heavy atom. The van der Waals surface area contributed by atoms with Crippen molar-refractivity contribution in [1.29, 1.82) is 0 Å². The second kappa shape index (κ2) is 10.8. The Labute approximate surface area is 167 Å². The van der Waals surface area contributed by atoms with Crippen molar-refractivity contribution in [3.63, 3.8) is 0 Å². The summed E-state index contributed by atoms with van der Waals surface area (Å²) < 4.78 is 0. The molecule has 0 aliphatic carbocycles. The lowest BCUT2D eigenvalue weighted by atomic mass is 10.1. The smallest absolute Gasteiger partial charge is 0.253 e. The average Bonchev–Trinajstić information content (AvgIpc) is 3.20. The van der Waals surface area contributed by atoms with Crippen LogP contribution in [0, 0.1) is 0 Å². The van der Waals surface area contributed by atoms with E-state index in [2.05, 4.69) is 20.5 Å². The van der Waals surface area contributed by atoms with Crippen molar-refractivity contribution in [3.05, 3.63) is 59.9 Å². The lowest BCUT2D eigenvalue weighted by Crippen LogP contribution is -2.33. The van der Waals surface area contributed by atoms with E-state index < -0.39 is 0 Å². The summed E-state index contributed by atoms with van der Waals surface area (Å²) >= 11 is 0. The van der Waals surface area contributed by atoms with E-state index in [1.54, 1.807) is 6.20 Å². The van der Waals surface area contributed by atoms with Crippen LogP contribution in [0.15, 0.2) is 48.8 Å². The molecule has 1 amide bonds. The van der Waals surface area contributed by atoms with Gasteiger partial charge in [0.25, 0.3) is 5.91 Å². The molecule has 0 unspecified atom stereocenters. The molecule has 0 bridgehead atoms. The van der Waals surface area contributed by atoms with Crippen molar-refractivity contribution in [2.75, 3.05) is 31.6 Å². The molecule has 6 heteroatoms. The van der Waals surface area contributed by atoms with Crippen molar-refractivity contribution < 1.29 is 9.90 Å². The number of pyridine rings is 1. The van der Waals surface area contributed by atoms with Gasteiger partial charge in [0.05, 0.1) is 12.2 Å². The first-order valence-electron chi connectivity index (χ1n) is 10.1. The van der Waals surface area contributed by atoms with Gasteiger partial charge in [-0.05, 0) is 62.5 Å². The zero-order valence-electron chi connectivity index (χ0n) is 16.3. The molecule has 1 aromatic carbocycles. The normalized spacial score (nSPS) is 16.8. The van der Waals surface area contributed by atoms with Crippen molar-refractivity contribution >= 4 is 11.6 Å². The van der Waals surface area contributed by atoms with Crippen molar-refractivity contribution in [3.8, 4) is 0 Å². The predicted molar refractivity (Wildman–Crippen MR) is 111 cm³/mol. The summed E-state index contributed by atoms with van der Waals surface area (Å²) in [6.07, 6.45) is 7.79. The molecule has 150 valence electrons. The first-order chi connectivity index (χ1) is 13.8. The topological polar surface area (TPSA) is 77.5 Å². The van der Waals surface area contributed by atoms with Crippen LogP contribution in [0.2, 0.25) is 0 Å². The SMILES string of the molecule is O=C(NCCCCN1CCC[C@H]1CO)c1ccccc1NCc1cccnc1. The van der Waals surface area contributed by atoms with Gasteiger partial charge in [0.2, 0.25) is 0 Å². The average molecular weight is 383 g/mol. The number of anilines is 1. The third-order valence-electron chi connectivity index (χ3n) is 5.24. The van der Waals surface area contributed by atoms with E-state index in [-0.39, 0.29) is 12.5 Å². The van der Waals surface area contributed by atoms with E-state index >= 15 is 0 Å². The summed E-state index contributed by atoms with van der Waals surface area (Å²) in [4.78, 5) is 19.1. The first-order valence-corrected chi connectivity index (χ1v) is 10.1. The van der Waals surface area contributed by atoms with E-state index in [0.29, 0.717) is 24.7 Å². The molecule has 1 aromatic heterocycles. The second-order valence-corrected chi connectivity index (χ2v) is 7.24. The minimum Gasteiger partial charge on any atom is -0.395 e. The summed E-state index contributed by atoms with van der Waals surface area (Å²) in [5.41, 5.74) is 2.55. The molecule has 0 spiro atoms. The highest BCUT2D eigenvalue weighted by molar-refractivity contribution is 5.99. The number of nitrogens with zero attached hydrogens (tertiary/aromatic N) is 2. The highest BCUT2D eigenvalue weighted by Gasteiger charge is 2.22. The van der Waals surface area contributed by atoms with Crippen molar-refractivity contribution in [1.82, 2.24) is 15.2 Å². The maximum atomic E-state index is 12.6. The predicted octanol–water partition coefficient (Wildman–Crippen LogP) is 2.66. The Bertz CT molecular complexity index is 738. The van der Waals surface area contributed by atoms with Gasteiger partial charge in [0.1, 0.15) is 0 Å². The Kier molecular flexibility index (Phi) is 7.82. The van der Waals surface area contributed by atoms with E-state index in [0.717, 1.165) is 43.6 Å². The van der Waals surface area contributed by atoms with Crippen LogP contribution in [0.5, 0.6) is 0 Å². The van der Waals surface area contributed by atoms with Crippen LogP contribution < -0.4 is 10.6 Å². The van der Waals surface area contributed by atoms with E-state index in [9.17, 15) is 9.90 Å². The Hall–Kier alpha value is -2.44. The molecular formula is C22H30N4O2. The van der Waals surface area contributed by atoms with Crippen molar-refractivity contribution in [2.24, 2.45) is 0 Å². The number of nitrogens with one attached hydrogen (secondary N) is 2. The van der Waals surface area contributed by atoms with Crippen LogP contribution in [0.4, 0.5) is 5.69 Å². The number of para-hydroxylation sites is 1. The van der Waals surface area contributed by atoms with E-state index in [1.165, 1.54) is 6.42 Å². The summed E-state index contributed by atoms with van der Waals surface area (Å²) in [5.74, 6) is -0.0521. The summed E-state index contributed by atoms with van der Waals surface area (Å²) in [6, 6.07) is 11.8. The minimum absolute atomic E-state index is 0.0521. The maximum absolute atomic E-state index is 12.6. The highest BCUT2D eigenvalue weighted by atomic mass is 16.3. The lowest BCUT2D eigenvalue weighted by Gasteiger charge is -2.22. The molecule has 2 heterocycles. The zero-order chi connectivity index (χ0) is 19.6. The molecule has 1 fully saturated rings. The van der Waals surface area contributed by atoms with Crippen LogP contribution in [0.3, 0.4) is 0 Å². The van der Waals surface area contributed by atoms with Gasteiger partial charge < -0.3 is 15.7 Å². The summed E-state index contributed by atoms with van der Waals surface area (Å²) in [7, 11) is 0. The number of aliphatic hydroxyl groups is 1. The fourth-order valence-corrected chi connectivity index (χ4v) is 3.67. The second-order valence-electron chi connectivity index (χ2n) is 7.24. The van der Waals surface area contributed by atoms with Gasteiger partial charge in [-0.25, -0.2) is 0 Å². The quantitative estimate of drug-likeness (QED) is 0.551. The largest absolute Gasteiger partial charge is 0.395 e. The summed E-state index contributed by atoms with van der Waals surface area (Å²) in [5, 5.41) is 15.7. The number of carbonyl (C=O) groups is 1. The number of amides is 1. The molecule has 0 saturated carbocycles. The fourth-order valence-electron chi connectivity index (χ4n) is 3.67. The number of unbranched alkanes of at least 4 members (excludes halogenated alkanes) is 1. The highest BCUT2D eigenvalue weighted by Crippen LogP contribution is 2.18. The Balaban J connectivity index is 1.42. The van der Waals surface area contributed by atoms with E-state index in [1.807, 2.05) is 42.6 Å². The number of carbonyl (C=O) groups excluding carboxylic acids is 1. The standard InChI is InChI=1S/C22H30N4O2/c27-17-19-8-6-14-26(19)13-4-3-12-24-22(28)20-9-1-2-10-21(20)25-16-18-7-5-11-23-15-18/h1-2,5,7,9-11,15,19,25,27H,3-4,6,8,12-14,16-17H2,(H,24,28)/t19-/m0/s1. The molecule has 1 atom stereocenters. The van der Waals surface area contributed by atoms with E-state index in [4.69, 9.17) is 0 Å². The molecule has 0 radical (unpaired) electrons. The monoisotopic (exact) mass is 382 g/mol. The number of rotatable bonds is 10. The number of hydrogen-bond donors (Lipinski definition) is 3. The Morgan fingerprint density at radius 2 is 2.11 bits per heavy atom.